The molecule has 0 aliphatic carbocycles. The Morgan fingerprint density at radius 3 is 2.36 bits per heavy atom. The molecule has 8 heteroatoms. The van der Waals surface area contributed by atoms with Crippen molar-refractivity contribution in [3.05, 3.63) is 12.2 Å². The molecule has 0 saturated heterocycles. The van der Waals surface area contributed by atoms with Crippen LogP contribution in [0.4, 0.5) is 0 Å². The molecule has 82 valence electrons. The highest BCUT2D eigenvalue weighted by Crippen LogP contribution is 2.36. The van der Waals surface area contributed by atoms with Gasteiger partial charge in [0.05, 0.1) is 0 Å². The van der Waals surface area contributed by atoms with Crippen LogP contribution in [0.25, 0.3) is 0 Å². The molecule has 0 radical (unpaired) electrons. The Morgan fingerprint density at radius 1 is 1.50 bits per heavy atom. The topological polar surface area (TPSA) is 102 Å². The molecule has 7 nitrogen and oxygen atoms in total. The number of hydrogen-bond acceptors (Lipinski definition) is 5. The van der Waals surface area contributed by atoms with Crippen molar-refractivity contribution in [3.63, 3.8) is 0 Å². The third-order valence-corrected chi connectivity index (χ3v) is 1.18. The lowest BCUT2D eigenvalue weighted by Crippen LogP contribution is -2.18. The Hall–Kier alpha value is -0.720. The van der Waals surface area contributed by atoms with Gasteiger partial charge in [0.15, 0.2) is 0 Å². The van der Waals surface area contributed by atoms with Gasteiger partial charge >= 0.3 is 13.8 Å². The summed E-state index contributed by atoms with van der Waals surface area (Å²) in [6.07, 6.45) is -1.23. The molecule has 0 spiro atoms. The maximum Gasteiger partial charge on any atom is 0.497 e. The number of phosphoric acid groups is 1. The van der Waals surface area contributed by atoms with Crippen LogP contribution >= 0.6 is 7.82 Å². The van der Waals surface area contributed by atoms with Crippen LogP contribution < -0.4 is 0 Å². The summed E-state index contributed by atoms with van der Waals surface area (Å²) in [6.45, 7) is 5.94. The van der Waals surface area contributed by atoms with Crippen molar-refractivity contribution < 1.29 is 33.4 Å². The zero-order chi connectivity index (χ0) is 11.4. The molecule has 0 fully saturated rings. The normalized spacial score (nSPS) is 13.4. The highest BCUT2D eigenvalue weighted by atomic mass is 31.2. The molecule has 0 bridgehead atoms. The third kappa shape index (κ3) is 6.76. The van der Waals surface area contributed by atoms with Crippen molar-refractivity contribution in [3.8, 4) is 0 Å². The first-order valence-electron chi connectivity index (χ1n) is 3.49. The number of carbonyl (C=O) groups excluding carboxylic acids is 1. The minimum Gasteiger partial charge on any atom is -0.430 e. The molecule has 0 aromatic rings. The molecule has 0 amide bonds. The van der Waals surface area contributed by atoms with E-state index in [4.69, 9.17) is 9.79 Å². The van der Waals surface area contributed by atoms with E-state index in [1.54, 1.807) is 0 Å². The van der Waals surface area contributed by atoms with Gasteiger partial charge in [0, 0.05) is 12.5 Å². The zero-order valence-electron chi connectivity index (χ0n) is 7.67. The molecule has 0 aliphatic heterocycles. The first-order chi connectivity index (χ1) is 6.22. The van der Waals surface area contributed by atoms with E-state index >= 15 is 0 Å². The SMILES string of the molecule is C=C(C)C(=O)OC(C)OOP(=O)(O)O. The predicted octanol–water partition coefficient (Wildman–Crippen LogP) is 0.493. The molecule has 0 saturated carbocycles. The van der Waals surface area contributed by atoms with Crippen molar-refractivity contribution in [2.75, 3.05) is 0 Å². The van der Waals surface area contributed by atoms with Crippen molar-refractivity contribution >= 4 is 13.8 Å². The van der Waals surface area contributed by atoms with Crippen LogP contribution in [0.1, 0.15) is 13.8 Å². The summed E-state index contributed by atoms with van der Waals surface area (Å²) in [5, 5.41) is 0. The quantitative estimate of drug-likeness (QED) is 0.175. The van der Waals surface area contributed by atoms with Crippen molar-refractivity contribution in [2.24, 2.45) is 0 Å². The number of rotatable bonds is 5. The van der Waals surface area contributed by atoms with Crippen LogP contribution in [0.5, 0.6) is 0 Å². The summed E-state index contributed by atoms with van der Waals surface area (Å²) in [5.41, 5.74) is 0.136. The minimum absolute atomic E-state index is 0.136. The molecule has 0 aromatic carbocycles. The van der Waals surface area contributed by atoms with Gasteiger partial charge in [-0.05, 0) is 6.92 Å². The largest absolute Gasteiger partial charge is 0.497 e. The summed E-state index contributed by atoms with van der Waals surface area (Å²) in [7, 11) is -4.72. The Kier molecular flexibility index (Phi) is 4.96. The van der Waals surface area contributed by atoms with Crippen LogP contribution in [0.3, 0.4) is 0 Å². The van der Waals surface area contributed by atoms with E-state index in [0.29, 0.717) is 0 Å². The van der Waals surface area contributed by atoms with Crippen molar-refractivity contribution in [1.82, 2.24) is 0 Å². The van der Waals surface area contributed by atoms with E-state index in [-0.39, 0.29) is 5.57 Å². The summed E-state index contributed by atoms with van der Waals surface area (Å²) in [6, 6.07) is 0. The fraction of sp³-hybridized carbons (Fsp3) is 0.500. The first kappa shape index (κ1) is 13.3. The van der Waals surface area contributed by atoms with Gasteiger partial charge in [-0.3, -0.25) is 0 Å². The van der Waals surface area contributed by atoms with Crippen LogP contribution in [0, 0.1) is 0 Å². The highest BCUT2D eigenvalue weighted by Gasteiger charge is 2.19. The summed E-state index contributed by atoms with van der Waals surface area (Å²) >= 11 is 0. The number of esters is 1. The second-order valence-corrected chi connectivity index (χ2v) is 3.54. The molecule has 14 heavy (non-hydrogen) atoms. The van der Waals surface area contributed by atoms with Crippen LogP contribution in [0.2, 0.25) is 0 Å². The summed E-state index contributed by atoms with van der Waals surface area (Å²) < 4.78 is 18.3. The standard InChI is InChI=1S/C6H11O7P/c1-4(2)6(7)11-5(3)12-13-14(8,9)10/h5H,1H2,2-3H3,(H2,8,9,10). The van der Waals surface area contributed by atoms with Crippen molar-refractivity contribution in [2.45, 2.75) is 20.1 Å². The smallest absolute Gasteiger partial charge is 0.430 e. The highest BCUT2D eigenvalue weighted by molar-refractivity contribution is 7.46. The number of carbonyl (C=O) groups is 1. The van der Waals surface area contributed by atoms with Crippen LogP contribution in [-0.4, -0.2) is 22.0 Å². The van der Waals surface area contributed by atoms with E-state index in [0.717, 1.165) is 0 Å². The van der Waals surface area contributed by atoms with E-state index < -0.39 is 20.1 Å². The molecule has 0 aliphatic rings. The van der Waals surface area contributed by atoms with Gasteiger partial charge in [-0.15, -0.1) is 4.67 Å². The van der Waals surface area contributed by atoms with Gasteiger partial charge in [0.2, 0.25) is 6.29 Å². The summed E-state index contributed by atoms with van der Waals surface area (Å²) in [4.78, 5) is 31.3. The zero-order valence-corrected chi connectivity index (χ0v) is 8.56. The maximum absolute atomic E-state index is 10.8. The molecule has 2 N–H and O–H groups in total. The Morgan fingerprint density at radius 2 is 2.00 bits per heavy atom. The molecule has 0 aromatic heterocycles. The van der Waals surface area contributed by atoms with Crippen LogP contribution in [0.15, 0.2) is 12.2 Å². The van der Waals surface area contributed by atoms with E-state index in [9.17, 15) is 9.36 Å². The number of ether oxygens (including phenoxy) is 1. The Balaban J connectivity index is 3.88. The van der Waals surface area contributed by atoms with E-state index in [2.05, 4.69) is 20.9 Å². The van der Waals surface area contributed by atoms with Crippen molar-refractivity contribution in [1.29, 1.82) is 0 Å². The van der Waals surface area contributed by atoms with Crippen LogP contribution in [-0.2, 0) is 23.7 Å². The van der Waals surface area contributed by atoms with Gasteiger partial charge in [-0.1, -0.05) is 6.58 Å². The van der Waals surface area contributed by atoms with Gasteiger partial charge < -0.3 is 14.5 Å². The van der Waals surface area contributed by atoms with Gasteiger partial charge in [-0.2, -0.15) is 4.89 Å². The molecule has 1 atom stereocenters. The second-order valence-electron chi connectivity index (χ2n) is 2.41. The fourth-order valence-electron chi connectivity index (χ4n) is 0.388. The van der Waals surface area contributed by atoms with Gasteiger partial charge in [-0.25, -0.2) is 9.36 Å². The average Bonchev–Trinajstić information content (AvgIpc) is 1.99. The van der Waals surface area contributed by atoms with Gasteiger partial charge in [0.1, 0.15) is 0 Å². The monoisotopic (exact) mass is 226 g/mol. The first-order valence-corrected chi connectivity index (χ1v) is 5.02. The lowest BCUT2D eigenvalue weighted by Gasteiger charge is -2.12. The van der Waals surface area contributed by atoms with E-state index in [1.165, 1.54) is 13.8 Å². The third-order valence-electron chi connectivity index (χ3n) is 0.897. The predicted molar refractivity (Wildman–Crippen MR) is 44.6 cm³/mol. The van der Waals surface area contributed by atoms with Gasteiger partial charge in [0.25, 0.3) is 0 Å². The number of hydrogen-bond donors (Lipinski definition) is 2. The minimum atomic E-state index is -4.72. The lowest BCUT2D eigenvalue weighted by atomic mass is 10.4. The Labute approximate surface area is 80.4 Å². The molecule has 0 heterocycles. The second kappa shape index (κ2) is 5.23. The molecule has 1 unspecified atom stereocenters. The molecular formula is C6H11O7P. The maximum atomic E-state index is 10.8. The average molecular weight is 226 g/mol. The summed E-state index contributed by atoms with van der Waals surface area (Å²) in [5.74, 6) is -0.744. The molecular weight excluding hydrogens is 215 g/mol. The Bertz CT molecular complexity index is 267. The van der Waals surface area contributed by atoms with E-state index in [1.807, 2.05) is 0 Å². The lowest BCUT2D eigenvalue weighted by molar-refractivity contribution is -0.311. The molecule has 0 rings (SSSR count). The fourth-order valence-corrected chi connectivity index (χ4v) is 0.621.